The molecular weight excluding hydrogens is 451 g/mol. The Bertz CT molecular complexity index is 1020. The lowest BCUT2D eigenvalue weighted by atomic mass is 10.1. The van der Waals surface area contributed by atoms with E-state index in [0.717, 1.165) is 11.6 Å². The molecule has 0 atom stereocenters. The minimum absolute atomic E-state index is 0.130. The zero-order valence-electron chi connectivity index (χ0n) is 18.8. The van der Waals surface area contributed by atoms with E-state index >= 15 is 0 Å². The standard InChI is InChI=1S/C24H26F3N3O4/c1-3-30(16-22(32)29-20-8-6-5-7-19(20)24(25,26)27)15-21(31)28-18-12-9-17(10-13-18)11-14-23(33)34-4-2/h5-14H,3-4,15-16H2,1-2H3,(H,28,31)(H,29,32)/b14-11+. The maximum absolute atomic E-state index is 13.1. The van der Waals surface area contributed by atoms with Crippen molar-refractivity contribution in [2.24, 2.45) is 0 Å². The molecule has 10 heteroatoms. The SMILES string of the molecule is CCOC(=O)/C=C/c1ccc(NC(=O)CN(CC)CC(=O)Nc2ccccc2C(F)(F)F)cc1. The van der Waals surface area contributed by atoms with Crippen LogP contribution < -0.4 is 10.6 Å². The Balaban J connectivity index is 1.90. The van der Waals surface area contributed by atoms with E-state index in [9.17, 15) is 27.6 Å². The van der Waals surface area contributed by atoms with Crippen LogP contribution in [0.4, 0.5) is 24.5 Å². The number of carbonyl (C=O) groups excluding carboxylic acids is 3. The summed E-state index contributed by atoms with van der Waals surface area (Å²) in [5.74, 6) is -1.50. The zero-order valence-corrected chi connectivity index (χ0v) is 18.8. The number of benzene rings is 2. The summed E-state index contributed by atoms with van der Waals surface area (Å²) in [6.45, 7) is 3.67. The Kier molecular flexibility index (Phi) is 9.81. The fourth-order valence-electron chi connectivity index (χ4n) is 2.95. The number of nitrogens with zero attached hydrogens (tertiary/aromatic N) is 1. The van der Waals surface area contributed by atoms with Crippen LogP contribution >= 0.6 is 0 Å². The zero-order chi connectivity index (χ0) is 25.1. The number of amides is 2. The van der Waals surface area contributed by atoms with E-state index in [4.69, 9.17) is 4.74 Å². The van der Waals surface area contributed by atoms with Crippen LogP contribution in [0.5, 0.6) is 0 Å². The van der Waals surface area contributed by atoms with Crippen molar-refractivity contribution >= 4 is 35.2 Å². The molecule has 2 rings (SSSR count). The van der Waals surface area contributed by atoms with Gasteiger partial charge in [0.15, 0.2) is 0 Å². The number of hydrogen-bond acceptors (Lipinski definition) is 5. The second-order valence-electron chi connectivity index (χ2n) is 7.15. The molecule has 0 heterocycles. The number of esters is 1. The molecule has 0 fully saturated rings. The van der Waals surface area contributed by atoms with Crippen LogP contribution in [0, 0.1) is 0 Å². The average molecular weight is 477 g/mol. The first kappa shape index (κ1) is 26.6. The first-order valence-corrected chi connectivity index (χ1v) is 10.6. The third kappa shape index (κ3) is 8.70. The molecule has 34 heavy (non-hydrogen) atoms. The lowest BCUT2D eigenvalue weighted by Gasteiger charge is -2.20. The lowest BCUT2D eigenvalue weighted by Crippen LogP contribution is -2.38. The quantitative estimate of drug-likeness (QED) is 0.396. The van der Waals surface area contributed by atoms with Crippen LogP contribution in [0.15, 0.2) is 54.6 Å². The predicted octanol–water partition coefficient (Wildman–Crippen LogP) is 4.18. The first-order valence-electron chi connectivity index (χ1n) is 10.6. The highest BCUT2D eigenvalue weighted by Crippen LogP contribution is 2.34. The molecule has 0 saturated carbocycles. The molecule has 2 N–H and O–H groups in total. The normalized spacial score (nSPS) is 11.5. The maximum Gasteiger partial charge on any atom is 0.418 e. The summed E-state index contributed by atoms with van der Waals surface area (Å²) < 4.78 is 44.1. The van der Waals surface area contributed by atoms with Gasteiger partial charge in [-0.15, -0.1) is 0 Å². The Morgan fingerprint density at radius 1 is 0.941 bits per heavy atom. The number of hydrogen-bond donors (Lipinski definition) is 2. The van der Waals surface area contributed by atoms with Crippen molar-refractivity contribution in [2.75, 3.05) is 36.9 Å². The number of ether oxygens (including phenoxy) is 1. The molecule has 0 radical (unpaired) electrons. The molecule has 0 unspecified atom stereocenters. The minimum Gasteiger partial charge on any atom is -0.463 e. The van der Waals surface area contributed by atoms with E-state index in [1.54, 1.807) is 44.2 Å². The Hall–Kier alpha value is -3.66. The topological polar surface area (TPSA) is 87.7 Å². The van der Waals surface area contributed by atoms with Crippen LogP contribution in [-0.2, 0) is 25.3 Å². The van der Waals surface area contributed by atoms with E-state index in [1.165, 1.54) is 29.2 Å². The third-order valence-electron chi connectivity index (χ3n) is 4.58. The van der Waals surface area contributed by atoms with Gasteiger partial charge in [0.1, 0.15) is 0 Å². The summed E-state index contributed by atoms with van der Waals surface area (Å²) >= 11 is 0. The van der Waals surface area contributed by atoms with Gasteiger partial charge < -0.3 is 15.4 Å². The number of nitrogens with one attached hydrogen (secondary N) is 2. The number of anilines is 2. The van der Waals surface area contributed by atoms with Crippen LogP contribution in [0.25, 0.3) is 6.08 Å². The van der Waals surface area contributed by atoms with Gasteiger partial charge in [0.05, 0.1) is 30.9 Å². The van der Waals surface area contributed by atoms with Gasteiger partial charge >= 0.3 is 12.1 Å². The molecule has 0 aliphatic carbocycles. The van der Waals surface area contributed by atoms with E-state index in [0.29, 0.717) is 12.2 Å². The third-order valence-corrected chi connectivity index (χ3v) is 4.58. The molecule has 2 aromatic carbocycles. The maximum atomic E-state index is 13.1. The molecule has 0 aromatic heterocycles. The van der Waals surface area contributed by atoms with E-state index in [1.807, 2.05) is 0 Å². The fraction of sp³-hybridized carbons (Fsp3) is 0.292. The van der Waals surface area contributed by atoms with Gasteiger partial charge in [0, 0.05) is 11.8 Å². The highest BCUT2D eigenvalue weighted by Gasteiger charge is 2.33. The number of likely N-dealkylation sites (N-methyl/N-ethyl adjacent to an activating group) is 1. The van der Waals surface area contributed by atoms with Crippen molar-refractivity contribution in [1.29, 1.82) is 0 Å². The number of para-hydroxylation sites is 1. The van der Waals surface area contributed by atoms with Crippen molar-refractivity contribution < 1.29 is 32.3 Å². The monoisotopic (exact) mass is 477 g/mol. The van der Waals surface area contributed by atoms with Crippen molar-refractivity contribution in [3.8, 4) is 0 Å². The number of carbonyl (C=O) groups is 3. The Morgan fingerprint density at radius 3 is 2.15 bits per heavy atom. The number of alkyl halides is 3. The van der Waals surface area contributed by atoms with Gasteiger partial charge in [-0.3, -0.25) is 14.5 Å². The largest absolute Gasteiger partial charge is 0.463 e. The van der Waals surface area contributed by atoms with Crippen LogP contribution in [0.1, 0.15) is 25.0 Å². The second kappa shape index (κ2) is 12.5. The minimum atomic E-state index is -4.60. The molecular formula is C24H26F3N3O4. The lowest BCUT2D eigenvalue weighted by molar-refractivity contribution is -0.138. The van der Waals surface area contributed by atoms with Crippen molar-refractivity contribution in [2.45, 2.75) is 20.0 Å². The molecule has 182 valence electrons. The summed E-state index contributed by atoms with van der Waals surface area (Å²) in [7, 11) is 0. The molecule has 2 aromatic rings. The molecule has 0 aliphatic rings. The summed E-state index contributed by atoms with van der Waals surface area (Å²) in [5.41, 5.74) is -0.0303. The number of halogens is 3. The van der Waals surface area contributed by atoms with Crippen molar-refractivity contribution in [3.05, 3.63) is 65.7 Å². The second-order valence-corrected chi connectivity index (χ2v) is 7.15. The van der Waals surface area contributed by atoms with Crippen molar-refractivity contribution in [1.82, 2.24) is 4.90 Å². The summed E-state index contributed by atoms with van der Waals surface area (Å²) in [6.07, 6.45) is -1.72. The average Bonchev–Trinajstić information content (AvgIpc) is 2.78. The summed E-state index contributed by atoms with van der Waals surface area (Å²) in [4.78, 5) is 37.5. The van der Waals surface area contributed by atoms with Gasteiger partial charge in [0.2, 0.25) is 11.8 Å². The van der Waals surface area contributed by atoms with Crippen molar-refractivity contribution in [3.63, 3.8) is 0 Å². The smallest absolute Gasteiger partial charge is 0.418 e. The molecule has 0 bridgehead atoms. The van der Waals surface area contributed by atoms with Gasteiger partial charge in [-0.2, -0.15) is 13.2 Å². The van der Waals surface area contributed by atoms with Gasteiger partial charge in [-0.25, -0.2) is 4.79 Å². The van der Waals surface area contributed by atoms with E-state index in [-0.39, 0.29) is 31.3 Å². The molecule has 2 amide bonds. The molecule has 0 spiro atoms. The highest BCUT2D eigenvalue weighted by atomic mass is 19.4. The molecule has 0 aliphatic heterocycles. The van der Waals surface area contributed by atoms with E-state index < -0.39 is 23.6 Å². The summed E-state index contributed by atoms with van der Waals surface area (Å²) in [5, 5.41) is 4.96. The van der Waals surface area contributed by atoms with Crippen LogP contribution in [0.3, 0.4) is 0 Å². The highest BCUT2D eigenvalue weighted by molar-refractivity contribution is 5.95. The van der Waals surface area contributed by atoms with Gasteiger partial charge in [0.25, 0.3) is 0 Å². The van der Waals surface area contributed by atoms with Crippen LogP contribution in [-0.4, -0.2) is 48.9 Å². The Morgan fingerprint density at radius 2 is 1.56 bits per heavy atom. The molecule has 7 nitrogen and oxygen atoms in total. The first-order chi connectivity index (χ1) is 16.1. The van der Waals surface area contributed by atoms with E-state index in [2.05, 4.69) is 10.6 Å². The predicted molar refractivity (Wildman–Crippen MR) is 123 cm³/mol. The summed E-state index contributed by atoms with van der Waals surface area (Å²) in [6, 6.07) is 11.4. The molecule has 0 saturated heterocycles. The van der Waals surface area contributed by atoms with Gasteiger partial charge in [-0.1, -0.05) is 31.2 Å². The van der Waals surface area contributed by atoms with Gasteiger partial charge in [-0.05, 0) is 49.4 Å². The fourth-order valence-corrected chi connectivity index (χ4v) is 2.95. The Labute approximate surface area is 195 Å². The van der Waals surface area contributed by atoms with Crippen LogP contribution in [0.2, 0.25) is 0 Å². The number of rotatable bonds is 10.